The second-order valence-electron chi connectivity index (χ2n) is 8.04. The molecule has 1 aromatic rings. The van der Waals surface area contributed by atoms with Crippen molar-refractivity contribution in [3.05, 3.63) is 35.9 Å². The zero-order chi connectivity index (χ0) is 19.4. The molecule has 2 aliphatic rings. The van der Waals surface area contributed by atoms with Crippen LogP contribution < -0.4 is 0 Å². The molecule has 2 fully saturated rings. The van der Waals surface area contributed by atoms with Gasteiger partial charge in [0.1, 0.15) is 12.2 Å². The SMILES string of the molecule is CC(C)(C)OC(=O)N1CCC(OC2CN(C(=O)OCc3ccccc3)C2)C1. The minimum atomic E-state index is -0.495. The summed E-state index contributed by atoms with van der Waals surface area (Å²) in [6.07, 6.45) is 0.158. The summed E-state index contributed by atoms with van der Waals surface area (Å²) in [5, 5.41) is 0. The van der Waals surface area contributed by atoms with Crippen molar-refractivity contribution in [2.24, 2.45) is 0 Å². The molecule has 2 heterocycles. The highest BCUT2D eigenvalue weighted by Crippen LogP contribution is 2.22. The zero-order valence-electron chi connectivity index (χ0n) is 16.2. The summed E-state index contributed by atoms with van der Waals surface area (Å²) in [5.41, 5.74) is 0.470. The van der Waals surface area contributed by atoms with Crippen molar-refractivity contribution < 1.29 is 23.8 Å². The molecule has 0 spiro atoms. The van der Waals surface area contributed by atoms with E-state index in [4.69, 9.17) is 14.2 Å². The number of nitrogens with zero attached hydrogens (tertiary/aromatic N) is 2. The Labute approximate surface area is 160 Å². The summed E-state index contributed by atoms with van der Waals surface area (Å²) in [7, 11) is 0. The van der Waals surface area contributed by atoms with Gasteiger partial charge in [0.25, 0.3) is 0 Å². The fraction of sp³-hybridized carbons (Fsp3) is 0.600. The molecule has 7 nitrogen and oxygen atoms in total. The highest BCUT2D eigenvalue weighted by molar-refractivity contribution is 5.69. The molecule has 0 radical (unpaired) electrons. The van der Waals surface area contributed by atoms with E-state index in [1.165, 1.54) is 0 Å². The van der Waals surface area contributed by atoms with Gasteiger partial charge in [-0.15, -0.1) is 0 Å². The van der Waals surface area contributed by atoms with E-state index < -0.39 is 5.60 Å². The predicted molar refractivity (Wildman–Crippen MR) is 99.3 cm³/mol. The van der Waals surface area contributed by atoms with Crippen LogP contribution in [0.1, 0.15) is 32.8 Å². The van der Waals surface area contributed by atoms with Gasteiger partial charge < -0.3 is 24.0 Å². The average molecular weight is 376 g/mol. The summed E-state index contributed by atoms with van der Waals surface area (Å²) in [4.78, 5) is 27.4. The maximum Gasteiger partial charge on any atom is 0.410 e. The van der Waals surface area contributed by atoms with Gasteiger partial charge in [-0.05, 0) is 32.8 Å². The van der Waals surface area contributed by atoms with Crippen LogP contribution >= 0.6 is 0 Å². The molecule has 3 rings (SSSR count). The molecule has 2 aliphatic heterocycles. The van der Waals surface area contributed by atoms with Crippen LogP contribution in [0.4, 0.5) is 9.59 Å². The molecule has 1 atom stereocenters. The van der Waals surface area contributed by atoms with Crippen LogP contribution in [0.2, 0.25) is 0 Å². The van der Waals surface area contributed by atoms with Gasteiger partial charge in [-0.25, -0.2) is 9.59 Å². The second kappa shape index (κ2) is 8.17. The Hall–Kier alpha value is -2.28. The van der Waals surface area contributed by atoms with Crippen molar-refractivity contribution in [3.8, 4) is 0 Å². The lowest BCUT2D eigenvalue weighted by Gasteiger charge is -2.39. The molecule has 2 saturated heterocycles. The molecule has 1 unspecified atom stereocenters. The summed E-state index contributed by atoms with van der Waals surface area (Å²) >= 11 is 0. The molecular formula is C20H28N2O5. The number of hydrogen-bond acceptors (Lipinski definition) is 5. The van der Waals surface area contributed by atoms with Gasteiger partial charge in [0.2, 0.25) is 0 Å². The summed E-state index contributed by atoms with van der Waals surface area (Å²) < 4.78 is 16.7. The van der Waals surface area contributed by atoms with E-state index in [2.05, 4.69) is 0 Å². The Balaban J connectivity index is 1.33. The van der Waals surface area contributed by atoms with Gasteiger partial charge in [0, 0.05) is 6.54 Å². The standard InChI is InChI=1S/C20H28N2O5/c1-20(2,3)27-19(24)21-10-9-16(11-21)26-17-12-22(13-17)18(23)25-14-15-7-5-4-6-8-15/h4-8,16-17H,9-14H2,1-3H3. The Morgan fingerprint density at radius 1 is 1.00 bits per heavy atom. The van der Waals surface area contributed by atoms with Crippen molar-refractivity contribution in [2.75, 3.05) is 26.2 Å². The highest BCUT2D eigenvalue weighted by atomic mass is 16.6. The highest BCUT2D eigenvalue weighted by Gasteiger charge is 2.37. The van der Waals surface area contributed by atoms with E-state index in [1.807, 2.05) is 51.1 Å². The van der Waals surface area contributed by atoms with Gasteiger partial charge in [-0.3, -0.25) is 0 Å². The Bertz CT molecular complexity index is 652. The first kappa shape index (κ1) is 19.5. The van der Waals surface area contributed by atoms with Crippen molar-refractivity contribution >= 4 is 12.2 Å². The van der Waals surface area contributed by atoms with Crippen LogP contribution in [-0.4, -0.2) is 66.0 Å². The lowest BCUT2D eigenvalue weighted by Crippen LogP contribution is -2.56. The van der Waals surface area contributed by atoms with E-state index in [0.717, 1.165) is 12.0 Å². The predicted octanol–water partition coefficient (Wildman–Crippen LogP) is 3.03. The molecular weight excluding hydrogens is 348 g/mol. The monoisotopic (exact) mass is 376 g/mol. The first-order chi connectivity index (χ1) is 12.8. The number of likely N-dealkylation sites (tertiary alicyclic amines) is 2. The Kier molecular flexibility index (Phi) is 5.89. The molecule has 0 aliphatic carbocycles. The van der Waals surface area contributed by atoms with E-state index in [9.17, 15) is 9.59 Å². The number of hydrogen-bond donors (Lipinski definition) is 0. The van der Waals surface area contributed by atoms with E-state index >= 15 is 0 Å². The third-order valence-electron chi connectivity index (χ3n) is 4.49. The summed E-state index contributed by atoms with van der Waals surface area (Å²) in [6.45, 7) is 8.06. The van der Waals surface area contributed by atoms with Gasteiger partial charge in [0.05, 0.1) is 31.8 Å². The van der Waals surface area contributed by atoms with E-state index in [-0.39, 0.29) is 31.0 Å². The number of ether oxygens (including phenoxy) is 3. The zero-order valence-corrected chi connectivity index (χ0v) is 16.2. The van der Waals surface area contributed by atoms with E-state index in [0.29, 0.717) is 26.2 Å². The lowest BCUT2D eigenvalue weighted by atomic mass is 10.2. The minimum absolute atomic E-state index is 0.00198. The van der Waals surface area contributed by atoms with Crippen molar-refractivity contribution in [2.45, 2.75) is 51.6 Å². The molecule has 0 aromatic heterocycles. The van der Waals surface area contributed by atoms with Gasteiger partial charge >= 0.3 is 12.2 Å². The van der Waals surface area contributed by atoms with Crippen LogP contribution in [0.5, 0.6) is 0 Å². The lowest BCUT2D eigenvalue weighted by molar-refractivity contribution is -0.0825. The molecule has 0 N–H and O–H groups in total. The van der Waals surface area contributed by atoms with Crippen LogP contribution in [-0.2, 0) is 20.8 Å². The normalized spacial score (nSPS) is 20.3. The quantitative estimate of drug-likeness (QED) is 0.808. The smallest absolute Gasteiger partial charge is 0.410 e. The molecule has 0 bridgehead atoms. The Morgan fingerprint density at radius 3 is 2.33 bits per heavy atom. The van der Waals surface area contributed by atoms with E-state index in [1.54, 1.807) is 9.80 Å². The van der Waals surface area contributed by atoms with Crippen LogP contribution in [0, 0.1) is 0 Å². The van der Waals surface area contributed by atoms with Gasteiger partial charge in [-0.1, -0.05) is 30.3 Å². The average Bonchev–Trinajstić information content (AvgIpc) is 3.04. The van der Waals surface area contributed by atoms with Crippen molar-refractivity contribution in [1.82, 2.24) is 9.80 Å². The second-order valence-corrected chi connectivity index (χ2v) is 8.04. The maximum absolute atomic E-state index is 12.1. The number of carbonyl (C=O) groups excluding carboxylic acids is 2. The van der Waals surface area contributed by atoms with Crippen LogP contribution in [0.25, 0.3) is 0 Å². The third kappa shape index (κ3) is 5.60. The Morgan fingerprint density at radius 2 is 1.67 bits per heavy atom. The molecule has 7 heteroatoms. The van der Waals surface area contributed by atoms with Gasteiger partial charge in [-0.2, -0.15) is 0 Å². The molecule has 2 amide bonds. The third-order valence-corrected chi connectivity index (χ3v) is 4.49. The molecule has 0 saturated carbocycles. The number of carbonyl (C=O) groups is 2. The van der Waals surface area contributed by atoms with Gasteiger partial charge in [0.15, 0.2) is 0 Å². The molecule has 148 valence electrons. The fourth-order valence-corrected chi connectivity index (χ4v) is 3.09. The largest absolute Gasteiger partial charge is 0.445 e. The molecule has 1 aromatic carbocycles. The number of rotatable bonds is 4. The maximum atomic E-state index is 12.1. The fourth-order valence-electron chi connectivity index (χ4n) is 3.09. The van der Waals surface area contributed by atoms with Crippen molar-refractivity contribution in [3.63, 3.8) is 0 Å². The summed E-state index contributed by atoms with van der Waals surface area (Å²) in [6, 6.07) is 9.60. The van der Waals surface area contributed by atoms with Crippen LogP contribution in [0.15, 0.2) is 30.3 Å². The first-order valence-electron chi connectivity index (χ1n) is 9.39. The van der Waals surface area contributed by atoms with Crippen LogP contribution in [0.3, 0.4) is 0 Å². The topological polar surface area (TPSA) is 68.3 Å². The number of amides is 2. The van der Waals surface area contributed by atoms with Crippen molar-refractivity contribution in [1.29, 1.82) is 0 Å². The first-order valence-corrected chi connectivity index (χ1v) is 9.39. The molecule has 27 heavy (non-hydrogen) atoms. The summed E-state index contributed by atoms with van der Waals surface area (Å²) in [5.74, 6) is 0. The number of benzene rings is 1. The minimum Gasteiger partial charge on any atom is -0.445 e.